The topological polar surface area (TPSA) is 38.5 Å². The largest absolute Gasteiger partial charge is 0.380 e. The van der Waals surface area contributed by atoms with Gasteiger partial charge in [-0.25, -0.2) is 4.39 Å². The lowest BCUT2D eigenvalue weighted by molar-refractivity contribution is -0.118. The molecule has 1 aliphatic heterocycles. The molecule has 94 valence electrons. The zero-order valence-electron chi connectivity index (χ0n) is 10.2. The van der Waals surface area contributed by atoms with Crippen LogP contribution in [0.25, 0.3) is 0 Å². The molecule has 1 heterocycles. The predicted molar refractivity (Wildman–Crippen MR) is 65.0 cm³/mol. The summed E-state index contributed by atoms with van der Waals surface area (Å²) in [7, 11) is 1.99. The van der Waals surface area contributed by atoms with Crippen molar-refractivity contribution in [3.05, 3.63) is 35.6 Å². The maximum Gasteiger partial charge on any atom is 0.127 e. The Hall–Kier alpha value is -0.970. The van der Waals surface area contributed by atoms with E-state index in [1.165, 1.54) is 6.07 Å². The molecule has 0 aliphatic carbocycles. The molecule has 0 atom stereocenters. The van der Waals surface area contributed by atoms with Crippen molar-refractivity contribution >= 4 is 0 Å². The van der Waals surface area contributed by atoms with Gasteiger partial charge < -0.3 is 15.4 Å². The lowest BCUT2D eigenvalue weighted by Crippen LogP contribution is -2.54. The number of nitrogens with zero attached hydrogens (tertiary/aromatic N) is 1. The maximum absolute atomic E-state index is 13.5. The summed E-state index contributed by atoms with van der Waals surface area (Å²) < 4.78 is 18.7. The van der Waals surface area contributed by atoms with Crippen LogP contribution in [-0.2, 0) is 11.3 Å². The van der Waals surface area contributed by atoms with Crippen LogP contribution in [0.2, 0.25) is 0 Å². The van der Waals surface area contributed by atoms with Gasteiger partial charge in [0.2, 0.25) is 0 Å². The van der Waals surface area contributed by atoms with Gasteiger partial charge >= 0.3 is 0 Å². The number of nitrogens with two attached hydrogens (primary N) is 1. The number of ether oxygens (including phenoxy) is 1. The molecule has 0 radical (unpaired) electrons. The summed E-state index contributed by atoms with van der Waals surface area (Å²) in [5, 5.41) is 0. The Labute approximate surface area is 101 Å². The van der Waals surface area contributed by atoms with Gasteiger partial charge in [0.1, 0.15) is 5.82 Å². The van der Waals surface area contributed by atoms with E-state index in [1.54, 1.807) is 6.07 Å². The van der Waals surface area contributed by atoms with E-state index in [1.807, 2.05) is 19.2 Å². The normalized spacial score (nSPS) is 18.1. The number of hydrogen-bond acceptors (Lipinski definition) is 3. The number of benzene rings is 1. The zero-order valence-corrected chi connectivity index (χ0v) is 10.2. The molecular formula is C13H19FN2O. The van der Waals surface area contributed by atoms with Crippen molar-refractivity contribution in [3.8, 4) is 0 Å². The van der Waals surface area contributed by atoms with Crippen LogP contribution in [0.3, 0.4) is 0 Å². The number of rotatable bonds is 5. The van der Waals surface area contributed by atoms with Gasteiger partial charge in [-0.2, -0.15) is 0 Å². The highest BCUT2D eigenvalue weighted by atomic mass is 19.1. The SMILES string of the molecule is CN(Cc1ccccc1F)CC1(CN)COC1. The Bertz CT molecular complexity index is 374. The Morgan fingerprint density at radius 3 is 2.65 bits per heavy atom. The van der Waals surface area contributed by atoms with Gasteiger partial charge in [-0.15, -0.1) is 0 Å². The van der Waals surface area contributed by atoms with Crippen LogP contribution in [0.15, 0.2) is 24.3 Å². The fourth-order valence-corrected chi connectivity index (χ4v) is 2.21. The van der Waals surface area contributed by atoms with Gasteiger partial charge in [0.25, 0.3) is 0 Å². The molecule has 1 aromatic rings. The van der Waals surface area contributed by atoms with Crippen molar-refractivity contribution in [2.75, 3.05) is 33.4 Å². The minimum atomic E-state index is -0.147. The number of halogens is 1. The summed E-state index contributed by atoms with van der Waals surface area (Å²) >= 11 is 0. The van der Waals surface area contributed by atoms with E-state index in [2.05, 4.69) is 4.90 Å². The van der Waals surface area contributed by atoms with Crippen LogP contribution in [-0.4, -0.2) is 38.3 Å². The summed E-state index contributed by atoms with van der Waals surface area (Å²) in [6, 6.07) is 6.88. The molecule has 1 fully saturated rings. The second-order valence-electron chi connectivity index (χ2n) is 4.96. The third-order valence-corrected chi connectivity index (χ3v) is 3.25. The average Bonchev–Trinajstić information content (AvgIpc) is 2.27. The molecule has 0 bridgehead atoms. The van der Waals surface area contributed by atoms with E-state index < -0.39 is 0 Å². The molecule has 1 aromatic carbocycles. The Balaban J connectivity index is 1.93. The van der Waals surface area contributed by atoms with Crippen molar-refractivity contribution in [1.82, 2.24) is 4.90 Å². The molecule has 0 unspecified atom stereocenters. The first-order chi connectivity index (χ1) is 8.15. The number of hydrogen-bond donors (Lipinski definition) is 1. The molecule has 0 spiro atoms. The van der Waals surface area contributed by atoms with Crippen LogP contribution in [0.4, 0.5) is 4.39 Å². The second-order valence-corrected chi connectivity index (χ2v) is 4.96. The third kappa shape index (κ3) is 2.83. The lowest BCUT2D eigenvalue weighted by atomic mass is 9.85. The molecular weight excluding hydrogens is 219 g/mol. The summed E-state index contributed by atoms with van der Waals surface area (Å²) in [6.07, 6.45) is 0. The highest BCUT2D eigenvalue weighted by Crippen LogP contribution is 2.27. The highest BCUT2D eigenvalue weighted by molar-refractivity contribution is 5.17. The van der Waals surface area contributed by atoms with E-state index in [9.17, 15) is 4.39 Å². The predicted octanol–water partition coefficient (Wildman–Crippen LogP) is 1.23. The fourth-order valence-electron chi connectivity index (χ4n) is 2.21. The van der Waals surface area contributed by atoms with Gasteiger partial charge in [0.15, 0.2) is 0 Å². The van der Waals surface area contributed by atoms with Gasteiger partial charge in [-0.3, -0.25) is 0 Å². The van der Waals surface area contributed by atoms with E-state index in [0.29, 0.717) is 26.3 Å². The minimum absolute atomic E-state index is 0.0695. The summed E-state index contributed by atoms with van der Waals surface area (Å²) in [6.45, 7) is 3.50. The van der Waals surface area contributed by atoms with Crippen LogP contribution in [0.5, 0.6) is 0 Å². The smallest absolute Gasteiger partial charge is 0.127 e. The van der Waals surface area contributed by atoms with E-state index >= 15 is 0 Å². The van der Waals surface area contributed by atoms with Crippen LogP contribution in [0.1, 0.15) is 5.56 Å². The Kier molecular flexibility index (Phi) is 3.76. The van der Waals surface area contributed by atoms with Crippen molar-refractivity contribution in [2.24, 2.45) is 11.1 Å². The zero-order chi connectivity index (χ0) is 12.3. The molecule has 0 amide bonds. The molecule has 0 aromatic heterocycles. The monoisotopic (exact) mass is 238 g/mol. The van der Waals surface area contributed by atoms with Crippen LogP contribution >= 0.6 is 0 Å². The lowest BCUT2D eigenvalue weighted by Gasteiger charge is -2.43. The van der Waals surface area contributed by atoms with E-state index in [4.69, 9.17) is 10.5 Å². The standard InChI is InChI=1S/C13H19FN2O/c1-16(8-13(7-15)9-17-10-13)6-11-4-2-3-5-12(11)14/h2-5H,6-10,15H2,1H3. The minimum Gasteiger partial charge on any atom is -0.380 e. The van der Waals surface area contributed by atoms with E-state index in [0.717, 1.165) is 12.1 Å². The van der Waals surface area contributed by atoms with Gasteiger partial charge in [-0.1, -0.05) is 18.2 Å². The first-order valence-electron chi connectivity index (χ1n) is 5.85. The van der Waals surface area contributed by atoms with Gasteiger partial charge in [0, 0.05) is 30.6 Å². The molecule has 2 N–H and O–H groups in total. The molecule has 0 saturated carbocycles. The van der Waals surface area contributed by atoms with Crippen molar-refractivity contribution in [1.29, 1.82) is 0 Å². The summed E-state index contributed by atoms with van der Waals surface area (Å²) in [4.78, 5) is 2.10. The fraction of sp³-hybridized carbons (Fsp3) is 0.538. The average molecular weight is 238 g/mol. The van der Waals surface area contributed by atoms with Crippen LogP contribution in [0, 0.1) is 11.2 Å². The summed E-state index contributed by atoms with van der Waals surface area (Å²) in [5.74, 6) is -0.147. The molecule has 17 heavy (non-hydrogen) atoms. The Morgan fingerprint density at radius 2 is 2.12 bits per heavy atom. The summed E-state index contributed by atoms with van der Waals surface area (Å²) in [5.41, 5.74) is 6.55. The third-order valence-electron chi connectivity index (χ3n) is 3.25. The van der Waals surface area contributed by atoms with Gasteiger partial charge in [-0.05, 0) is 13.1 Å². The Morgan fingerprint density at radius 1 is 1.41 bits per heavy atom. The molecule has 1 aliphatic rings. The maximum atomic E-state index is 13.5. The van der Waals surface area contributed by atoms with Crippen molar-refractivity contribution in [2.45, 2.75) is 6.54 Å². The molecule has 2 rings (SSSR count). The van der Waals surface area contributed by atoms with Gasteiger partial charge in [0.05, 0.1) is 13.2 Å². The van der Waals surface area contributed by atoms with E-state index in [-0.39, 0.29) is 11.2 Å². The molecule has 3 nitrogen and oxygen atoms in total. The first kappa shape index (κ1) is 12.5. The first-order valence-corrected chi connectivity index (χ1v) is 5.85. The van der Waals surface area contributed by atoms with Crippen molar-refractivity contribution in [3.63, 3.8) is 0 Å². The quantitative estimate of drug-likeness (QED) is 0.838. The van der Waals surface area contributed by atoms with Crippen molar-refractivity contribution < 1.29 is 9.13 Å². The molecule has 4 heteroatoms. The van der Waals surface area contributed by atoms with Crippen LogP contribution < -0.4 is 5.73 Å². The second kappa shape index (κ2) is 5.12. The molecule has 1 saturated heterocycles. The highest BCUT2D eigenvalue weighted by Gasteiger charge is 2.38.